The van der Waals surface area contributed by atoms with Gasteiger partial charge in [0.15, 0.2) is 0 Å². The fourth-order valence-corrected chi connectivity index (χ4v) is 6.28. The molecule has 0 radical (unpaired) electrons. The molecular formula is C38H80NO3+. The number of carbonyl (C=O) groups is 1. The molecular weight excluding hydrogens is 518 g/mol. The Labute approximate surface area is 265 Å². The van der Waals surface area contributed by atoms with Crippen molar-refractivity contribution in [2.75, 3.05) is 26.7 Å². The summed E-state index contributed by atoms with van der Waals surface area (Å²) in [5.41, 5.74) is 0. The van der Waals surface area contributed by atoms with Gasteiger partial charge in [-0.05, 0) is 38.5 Å². The summed E-state index contributed by atoms with van der Waals surface area (Å²) >= 11 is 0. The molecule has 0 amide bonds. The molecule has 0 heterocycles. The minimum Gasteiger partial charge on any atom is -0.450 e. The van der Waals surface area contributed by atoms with Gasteiger partial charge in [-0.2, -0.15) is 0 Å². The SMILES string of the molecule is CCCCCCCCCCCC[N+](C)(CCCCCCCCCCCC)CCCCCCCCCCCC.O=C(O)O. The second-order valence-electron chi connectivity index (χ2n) is 13.6. The van der Waals surface area contributed by atoms with Crippen LogP contribution in [0.1, 0.15) is 213 Å². The van der Waals surface area contributed by atoms with E-state index in [-0.39, 0.29) is 0 Å². The molecule has 0 rings (SSSR count). The highest BCUT2D eigenvalue weighted by molar-refractivity contribution is 5.53. The van der Waals surface area contributed by atoms with Crippen LogP contribution in [-0.2, 0) is 0 Å². The lowest BCUT2D eigenvalue weighted by molar-refractivity contribution is -0.910. The molecule has 2 N–H and O–H groups in total. The van der Waals surface area contributed by atoms with Crippen LogP contribution in [0, 0.1) is 0 Å². The molecule has 4 heteroatoms. The predicted molar refractivity (Wildman–Crippen MR) is 187 cm³/mol. The molecule has 0 aliphatic carbocycles. The lowest BCUT2D eigenvalue weighted by Gasteiger charge is -2.35. The van der Waals surface area contributed by atoms with Gasteiger partial charge in [0.05, 0.1) is 26.7 Å². The topological polar surface area (TPSA) is 57.5 Å². The normalized spacial score (nSPS) is 11.4. The van der Waals surface area contributed by atoms with Crippen molar-refractivity contribution < 1.29 is 19.5 Å². The summed E-state index contributed by atoms with van der Waals surface area (Å²) in [5.74, 6) is 0. The molecule has 0 saturated carbocycles. The van der Waals surface area contributed by atoms with Gasteiger partial charge in [-0.3, -0.25) is 0 Å². The van der Waals surface area contributed by atoms with Gasteiger partial charge >= 0.3 is 6.16 Å². The number of carboxylic acid groups (broad SMARTS) is 2. The number of unbranched alkanes of at least 4 members (excludes halogenated alkanes) is 27. The molecule has 42 heavy (non-hydrogen) atoms. The number of hydrogen-bond acceptors (Lipinski definition) is 1. The summed E-state index contributed by atoms with van der Waals surface area (Å²) in [6.45, 7) is 11.3. The van der Waals surface area contributed by atoms with E-state index in [1.165, 1.54) is 217 Å². The van der Waals surface area contributed by atoms with Crippen LogP contribution in [0.25, 0.3) is 0 Å². The van der Waals surface area contributed by atoms with Crippen LogP contribution < -0.4 is 0 Å². The van der Waals surface area contributed by atoms with E-state index in [0.717, 1.165) is 0 Å². The van der Waals surface area contributed by atoms with Crippen molar-refractivity contribution in [2.45, 2.75) is 213 Å². The van der Waals surface area contributed by atoms with Gasteiger partial charge in [0.2, 0.25) is 0 Å². The third kappa shape index (κ3) is 39.2. The summed E-state index contributed by atoms with van der Waals surface area (Å²) in [7, 11) is 2.61. The highest BCUT2D eigenvalue weighted by atomic mass is 16.6. The number of rotatable bonds is 33. The van der Waals surface area contributed by atoms with Crippen LogP contribution in [0.15, 0.2) is 0 Å². The fraction of sp³-hybridized carbons (Fsp3) is 0.974. The Morgan fingerprint density at radius 2 is 0.500 bits per heavy atom. The molecule has 0 unspecified atom stereocenters. The van der Waals surface area contributed by atoms with Gasteiger partial charge in [-0.15, -0.1) is 0 Å². The van der Waals surface area contributed by atoms with E-state index in [1.807, 2.05) is 0 Å². The molecule has 0 aliphatic heterocycles. The molecule has 0 saturated heterocycles. The first-order valence-electron chi connectivity index (χ1n) is 19.2. The van der Waals surface area contributed by atoms with Gasteiger partial charge in [-0.1, -0.05) is 175 Å². The third-order valence-corrected chi connectivity index (χ3v) is 9.15. The minimum absolute atomic E-state index is 1.37. The largest absolute Gasteiger partial charge is 0.503 e. The zero-order valence-corrected chi connectivity index (χ0v) is 29.6. The van der Waals surface area contributed by atoms with Gasteiger partial charge in [-0.25, -0.2) is 4.79 Å². The summed E-state index contributed by atoms with van der Waals surface area (Å²) in [6, 6.07) is 0. The van der Waals surface area contributed by atoms with E-state index in [1.54, 1.807) is 0 Å². The van der Waals surface area contributed by atoms with Crippen LogP contribution in [0.3, 0.4) is 0 Å². The smallest absolute Gasteiger partial charge is 0.450 e. The standard InChI is InChI=1S/C37H78N.CH2O3/c1-5-8-11-14-17-20-23-26-29-32-35-38(4,36-33-30-27-24-21-18-15-12-9-6-2)37-34-31-28-25-22-19-16-13-10-7-3;2-1(3)4/h5-37H2,1-4H3;(H2,2,3,4)/q+1;. The summed E-state index contributed by atoms with van der Waals surface area (Å²) in [4.78, 5) is 8.56. The summed E-state index contributed by atoms with van der Waals surface area (Å²) < 4.78 is 1.37. The molecule has 0 aromatic heterocycles. The summed E-state index contributed by atoms with van der Waals surface area (Å²) in [5, 5.41) is 13.9. The van der Waals surface area contributed by atoms with Gasteiger partial charge in [0.1, 0.15) is 0 Å². The molecule has 0 aromatic rings. The van der Waals surface area contributed by atoms with E-state index in [4.69, 9.17) is 15.0 Å². The maximum Gasteiger partial charge on any atom is 0.503 e. The average Bonchev–Trinajstić information content (AvgIpc) is 2.96. The Hall–Kier alpha value is -0.770. The Morgan fingerprint density at radius 3 is 0.667 bits per heavy atom. The molecule has 254 valence electrons. The maximum atomic E-state index is 8.56. The van der Waals surface area contributed by atoms with E-state index >= 15 is 0 Å². The Kier molecular flexibility index (Phi) is 37.6. The molecule has 0 fully saturated rings. The highest BCUT2D eigenvalue weighted by Gasteiger charge is 2.20. The average molecular weight is 599 g/mol. The van der Waals surface area contributed by atoms with E-state index in [0.29, 0.717) is 0 Å². The van der Waals surface area contributed by atoms with Crippen molar-refractivity contribution in [1.82, 2.24) is 0 Å². The van der Waals surface area contributed by atoms with Crippen molar-refractivity contribution in [3.63, 3.8) is 0 Å². The molecule has 0 aromatic carbocycles. The third-order valence-electron chi connectivity index (χ3n) is 9.15. The van der Waals surface area contributed by atoms with Gasteiger partial charge in [0.25, 0.3) is 0 Å². The molecule has 0 bridgehead atoms. The summed E-state index contributed by atoms with van der Waals surface area (Å²) in [6.07, 6.45) is 41.9. The quantitative estimate of drug-likeness (QED) is 0.0583. The highest BCUT2D eigenvalue weighted by Crippen LogP contribution is 2.18. The molecule has 0 aliphatic rings. The van der Waals surface area contributed by atoms with Crippen molar-refractivity contribution >= 4 is 6.16 Å². The predicted octanol–water partition coefficient (Wildman–Crippen LogP) is 13.4. The van der Waals surface area contributed by atoms with Crippen LogP contribution in [0.2, 0.25) is 0 Å². The maximum absolute atomic E-state index is 8.56. The zero-order valence-electron chi connectivity index (χ0n) is 29.6. The number of nitrogens with zero attached hydrogens (tertiary/aromatic N) is 1. The Morgan fingerprint density at radius 1 is 0.357 bits per heavy atom. The van der Waals surface area contributed by atoms with Crippen LogP contribution in [0.5, 0.6) is 0 Å². The van der Waals surface area contributed by atoms with Crippen molar-refractivity contribution in [2.24, 2.45) is 0 Å². The first kappa shape index (κ1) is 43.4. The minimum atomic E-state index is -1.83. The van der Waals surface area contributed by atoms with Crippen molar-refractivity contribution in [1.29, 1.82) is 0 Å². The molecule has 0 atom stereocenters. The van der Waals surface area contributed by atoms with Crippen LogP contribution in [-0.4, -0.2) is 47.5 Å². The van der Waals surface area contributed by atoms with Crippen LogP contribution in [0.4, 0.5) is 4.79 Å². The molecule has 0 spiro atoms. The van der Waals surface area contributed by atoms with Gasteiger partial charge in [0, 0.05) is 0 Å². The first-order valence-corrected chi connectivity index (χ1v) is 19.2. The Balaban J connectivity index is 0. The van der Waals surface area contributed by atoms with Crippen molar-refractivity contribution in [3.05, 3.63) is 0 Å². The van der Waals surface area contributed by atoms with E-state index < -0.39 is 6.16 Å². The van der Waals surface area contributed by atoms with Gasteiger partial charge < -0.3 is 14.7 Å². The second-order valence-corrected chi connectivity index (χ2v) is 13.6. The first-order chi connectivity index (χ1) is 20.4. The lowest BCUT2D eigenvalue weighted by Crippen LogP contribution is -2.46. The monoisotopic (exact) mass is 599 g/mol. The fourth-order valence-electron chi connectivity index (χ4n) is 6.28. The zero-order chi connectivity index (χ0) is 31.4. The number of quaternary nitrogens is 1. The molecule has 4 nitrogen and oxygen atoms in total. The lowest BCUT2D eigenvalue weighted by atomic mass is 10.0. The van der Waals surface area contributed by atoms with Crippen LogP contribution >= 0.6 is 0 Å². The number of hydrogen-bond donors (Lipinski definition) is 2. The van der Waals surface area contributed by atoms with Crippen molar-refractivity contribution in [3.8, 4) is 0 Å². The Bertz CT molecular complexity index is 447. The van der Waals surface area contributed by atoms with E-state index in [2.05, 4.69) is 27.8 Å². The second kappa shape index (κ2) is 36.4. The van der Waals surface area contributed by atoms with E-state index in [9.17, 15) is 0 Å².